The molecule has 2 atom stereocenters. The lowest BCUT2D eigenvalue weighted by molar-refractivity contribution is -0.117. The Labute approximate surface area is 183 Å². The van der Waals surface area contributed by atoms with Gasteiger partial charge in [-0.05, 0) is 61.7 Å². The van der Waals surface area contributed by atoms with E-state index < -0.39 is 5.97 Å². The Kier molecular flexibility index (Phi) is 8.55. The Hall–Kier alpha value is -2.08. The van der Waals surface area contributed by atoms with Crippen LogP contribution in [0.1, 0.15) is 62.7 Å². The highest BCUT2D eigenvalue weighted by molar-refractivity contribution is 7.99. The fourth-order valence-corrected chi connectivity index (χ4v) is 5.41. The van der Waals surface area contributed by atoms with Crippen molar-refractivity contribution < 1.29 is 19.2 Å². The van der Waals surface area contributed by atoms with Crippen LogP contribution >= 0.6 is 11.8 Å². The number of thioether (sulfide) groups is 1. The maximum atomic E-state index is 13.3. The van der Waals surface area contributed by atoms with Crippen LogP contribution in [-0.4, -0.2) is 35.6 Å². The van der Waals surface area contributed by atoms with Gasteiger partial charge in [0.15, 0.2) is 5.78 Å². The van der Waals surface area contributed by atoms with E-state index in [2.05, 4.69) is 5.16 Å². The summed E-state index contributed by atoms with van der Waals surface area (Å²) in [7, 11) is 0. The average molecular weight is 430 g/mol. The van der Waals surface area contributed by atoms with Crippen molar-refractivity contribution in [2.75, 3.05) is 18.1 Å². The number of oxime groups is 1. The first-order valence-corrected chi connectivity index (χ1v) is 12.1. The molecule has 0 bridgehead atoms. The van der Waals surface area contributed by atoms with Gasteiger partial charge >= 0.3 is 5.97 Å². The zero-order chi connectivity index (χ0) is 21.3. The summed E-state index contributed by atoms with van der Waals surface area (Å²) in [6.45, 7) is 4.32. The van der Waals surface area contributed by atoms with E-state index in [1.165, 1.54) is 12.2 Å². The summed E-state index contributed by atoms with van der Waals surface area (Å²) in [5.41, 5.74) is 1.52. The third-order valence-corrected chi connectivity index (χ3v) is 6.86. The molecule has 0 aromatic heterocycles. The van der Waals surface area contributed by atoms with Gasteiger partial charge in [0.1, 0.15) is 12.4 Å². The van der Waals surface area contributed by atoms with Crippen LogP contribution in [0.3, 0.4) is 0 Å². The fourth-order valence-electron chi connectivity index (χ4n) is 4.13. The molecule has 1 fully saturated rings. The number of hydrogen-bond acceptors (Lipinski definition) is 6. The minimum atomic E-state index is -0.429. The van der Waals surface area contributed by atoms with E-state index in [1.54, 1.807) is 24.3 Å². The van der Waals surface area contributed by atoms with E-state index in [4.69, 9.17) is 9.57 Å². The van der Waals surface area contributed by atoms with Crippen LogP contribution in [0.25, 0.3) is 0 Å². The number of carbonyl (C=O) groups excluding carboxylic acids is 2. The van der Waals surface area contributed by atoms with E-state index in [9.17, 15) is 9.59 Å². The number of carbonyl (C=O) groups is 2. The number of ether oxygens (including phenoxy) is 1. The quantitative estimate of drug-likeness (QED) is 0.314. The lowest BCUT2D eigenvalue weighted by Crippen LogP contribution is -2.32. The van der Waals surface area contributed by atoms with Gasteiger partial charge in [-0.15, -0.1) is 0 Å². The molecule has 1 aliphatic carbocycles. The van der Waals surface area contributed by atoms with Crippen molar-refractivity contribution in [1.82, 2.24) is 0 Å². The number of benzene rings is 1. The molecule has 1 saturated heterocycles. The summed E-state index contributed by atoms with van der Waals surface area (Å²) in [4.78, 5) is 31.4. The number of hydrogen-bond donors (Lipinski definition) is 0. The highest BCUT2D eigenvalue weighted by atomic mass is 32.2. The lowest BCUT2D eigenvalue weighted by Gasteiger charge is -2.33. The number of Topliss-reactive ketones (excluding diaryl/α,β-unsaturated/α-hetero) is 1. The summed E-state index contributed by atoms with van der Waals surface area (Å²) in [6, 6.07) is 8.92. The molecule has 1 aliphatic heterocycles. The maximum Gasteiger partial charge on any atom is 0.343 e. The molecule has 2 unspecified atom stereocenters. The predicted molar refractivity (Wildman–Crippen MR) is 121 cm³/mol. The first-order chi connectivity index (χ1) is 14.6. The number of rotatable bonds is 8. The zero-order valence-electron chi connectivity index (χ0n) is 17.9. The smallest absolute Gasteiger partial charge is 0.343 e. The minimum Gasteiger partial charge on any atom is -0.427 e. The predicted octanol–water partition coefficient (Wildman–Crippen LogP) is 5.41. The highest BCUT2D eigenvalue weighted by Crippen LogP contribution is 2.39. The number of esters is 1. The molecule has 3 rings (SSSR count). The third-order valence-electron chi connectivity index (χ3n) is 5.62. The molecule has 2 aliphatic rings. The van der Waals surface area contributed by atoms with Crippen molar-refractivity contribution in [2.24, 2.45) is 17.0 Å². The number of ketones is 1. The van der Waals surface area contributed by atoms with E-state index >= 15 is 0 Å². The second-order valence-electron chi connectivity index (χ2n) is 7.83. The summed E-state index contributed by atoms with van der Waals surface area (Å²) < 4.78 is 5.87. The van der Waals surface area contributed by atoms with Gasteiger partial charge in [0.25, 0.3) is 0 Å². The van der Waals surface area contributed by atoms with Gasteiger partial charge in [-0.3, -0.25) is 4.79 Å². The Balaban J connectivity index is 1.93. The molecule has 0 radical (unpaired) electrons. The highest BCUT2D eigenvalue weighted by Gasteiger charge is 2.37. The van der Waals surface area contributed by atoms with Gasteiger partial charge in [0.2, 0.25) is 0 Å². The molecule has 0 amide bonds. The molecular weight excluding hydrogens is 398 g/mol. The topological polar surface area (TPSA) is 65.0 Å². The molecule has 6 heteroatoms. The lowest BCUT2D eigenvalue weighted by atomic mass is 9.76. The van der Waals surface area contributed by atoms with E-state index in [0.29, 0.717) is 54.4 Å². The van der Waals surface area contributed by atoms with Gasteiger partial charge in [-0.1, -0.05) is 36.7 Å². The monoisotopic (exact) mass is 429 g/mol. The summed E-state index contributed by atoms with van der Waals surface area (Å²) in [5.74, 6) is 3.01. The fraction of sp³-hybridized carbons (Fsp3) is 0.542. The molecule has 1 heterocycles. The molecule has 1 aromatic carbocycles. The minimum absolute atomic E-state index is 0.0181. The SMILES string of the molecule is CCCC(=NOCC)C1=C(OC(=O)c2ccccc2)CC(C2CCCSC2)CC1=O. The van der Waals surface area contributed by atoms with Crippen molar-refractivity contribution >= 4 is 29.2 Å². The van der Waals surface area contributed by atoms with Crippen LogP contribution in [0.15, 0.2) is 46.8 Å². The molecule has 5 nitrogen and oxygen atoms in total. The molecule has 162 valence electrons. The van der Waals surface area contributed by atoms with Crippen LogP contribution in [-0.2, 0) is 14.4 Å². The van der Waals surface area contributed by atoms with E-state index in [-0.39, 0.29) is 11.7 Å². The number of allylic oxidation sites excluding steroid dienone is 2. The third kappa shape index (κ3) is 5.75. The van der Waals surface area contributed by atoms with Crippen LogP contribution in [0.2, 0.25) is 0 Å². The first-order valence-electron chi connectivity index (χ1n) is 10.9. The number of nitrogens with zero attached hydrogens (tertiary/aromatic N) is 1. The Bertz CT molecular complexity index is 797. The Morgan fingerprint density at radius 3 is 2.63 bits per heavy atom. The van der Waals surface area contributed by atoms with Crippen molar-refractivity contribution in [1.29, 1.82) is 0 Å². The molecule has 1 aromatic rings. The summed E-state index contributed by atoms with van der Waals surface area (Å²) in [6.07, 6.45) is 4.84. The molecule has 30 heavy (non-hydrogen) atoms. The van der Waals surface area contributed by atoms with Crippen LogP contribution in [0.5, 0.6) is 0 Å². The van der Waals surface area contributed by atoms with Crippen molar-refractivity contribution in [3.63, 3.8) is 0 Å². The van der Waals surface area contributed by atoms with Crippen molar-refractivity contribution in [3.05, 3.63) is 47.2 Å². The van der Waals surface area contributed by atoms with Gasteiger partial charge in [-0.25, -0.2) is 4.79 Å². The summed E-state index contributed by atoms with van der Waals surface area (Å²) >= 11 is 1.96. The van der Waals surface area contributed by atoms with Gasteiger partial charge in [0, 0.05) is 12.8 Å². The van der Waals surface area contributed by atoms with Crippen LogP contribution < -0.4 is 0 Å². The molecular formula is C24H31NO4S. The Morgan fingerprint density at radius 2 is 1.97 bits per heavy atom. The first kappa shape index (κ1) is 22.6. The molecule has 0 saturated carbocycles. The second-order valence-corrected chi connectivity index (χ2v) is 8.98. The molecule has 0 spiro atoms. The zero-order valence-corrected chi connectivity index (χ0v) is 18.7. The second kappa shape index (κ2) is 11.3. The van der Waals surface area contributed by atoms with Gasteiger partial charge < -0.3 is 9.57 Å². The normalized spacial score (nSPS) is 22.7. The average Bonchev–Trinajstić information content (AvgIpc) is 2.78. The van der Waals surface area contributed by atoms with E-state index in [1.807, 2.05) is 31.7 Å². The largest absolute Gasteiger partial charge is 0.427 e. The van der Waals surface area contributed by atoms with Crippen LogP contribution in [0, 0.1) is 11.8 Å². The maximum absolute atomic E-state index is 13.3. The summed E-state index contributed by atoms with van der Waals surface area (Å²) in [5, 5.41) is 4.22. The molecule has 0 N–H and O–H groups in total. The van der Waals surface area contributed by atoms with Crippen molar-refractivity contribution in [3.8, 4) is 0 Å². The van der Waals surface area contributed by atoms with Crippen LogP contribution in [0.4, 0.5) is 0 Å². The van der Waals surface area contributed by atoms with Gasteiger partial charge in [0.05, 0.1) is 16.8 Å². The van der Waals surface area contributed by atoms with Gasteiger partial charge in [-0.2, -0.15) is 11.8 Å². The Morgan fingerprint density at radius 1 is 1.17 bits per heavy atom. The van der Waals surface area contributed by atoms with Crippen molar-refractivity contribution in [2.45, 2.75) is 52.4 Å². The standard InChI is InChI=1S/C24H31NO4S/c1-3-9-20(25-28-4-2)23-21(26)14-19(18-12-8-13-30-16-18)15-22(23)29-24(27)17-10-6-5-7-11-17/h5-7,10-11,18-19H,3-4,8-9,12-16H2,1-2H3. The van der Waals surface area contributed by atoms with E-state index in [0.717, 1.165) is 18.6 Å².